The summed E-state index contributed by atoms with van der Waals surface area (Å²) in [6.07, 6.45) is 9.78. The summed E-state index contributed by atoms with van der Waals surface area (Å²) in [4.78, 5) is 22.1. The average Bonchev–Trinajstić information content (AvgIpc) is 3.39. The second-order valence-corrected chi connectivity index (χ2v) is 8.64. The zero-order valence-corrected chi connectivity index (χ0v) is 18.8. The molecule has 3 aliphatic heterocycles. The zero-order chi connectivity index (χ0) is 22.5. The molecule has 3 aromatic rings. The number of alkyl halides is 1. The van der Waals surface area contributed by atoms with Crippen molar-refractivity contribution >= 4 is 34.2 Å². The van der Waals surface area contributed by atoms with Crippen molar-refractivity contribution < 1.29 is 9.13 Å². The third-order valence-electron chi connectivity index (χ3n) is 6.16. The Hall–Kier alpha value is -3.07. The molecule has 0 bridgehead atoms. The van der Waals surface area contributed by atoms with Crippen LogP contribution in [0.1, 0.15) is 32.1 Å². The van der Waals surface area contributed by atoms with Gasteiger partial charge in [0.2, 0.25) is 5.95 Å². The maximum absolute atomic E-state index is 13.7. The highest BCUT2D eigenvalue weighted by Crippen LogP contribution is 2.29. The molecule has 3 aliphatic rings. The van der Waals surface area contributed by atoms with Crippen LogP contribution in [0.5, 0.6) is 0 Å². The lowest BCUT2D eigenvalue weighted by atomic mass is 10.1. The highest BCUT2D eigenvalue weighted by atomic mass is 19.1. The van der Waals surface area contributed by atoms with E-state index in [0.29, 0.717) is 30.5 Å². The molecule has 0 amide bonds. The first-order valence-corrected chi connectivity index (χ1v) is 11.8. The predicted octanol–water partition coefficient (Wildman–Crippen LogP) is 4.11. The Morgan fingerprint density at radius 2 is 1.73 bits per heavy atom. The number of hydrogen-bond donors (Lipinski definition) is 1. The fourth-order valence-electron chi connectivity index (χ4n) is 4.22. The van der Waals surface area contributed by atoms with Gasteiger partial charge in [0.25, 0.3) is 0 Å². The molecule has 1 atom stereocenters. The first kappa shape index (κ1) is 21.8. The van der Waals surface area contributed by atoms with Crippen molar-refractivity contribution in [3.05, 3.63) is 36.8 Å². The molecule has 9 heteroatoms. The van der Waals surface area contributed by atoms with Crippen molar-refractivity contribution in [1.29, 1.82) is 0 Å². The number of nitrogens with zero attached hydrogens (tertiary/aromatic N) is 6. The van der Waals surface area contributed by atoms with E-state index in [1.54, 1.807) is 12.3 Å². The summed E-state index contributed by atoms with van der Waals surface area (Å²) in [6.45, 7) is 5.23. The normalized spacial score (nSPS) is 20.2. The summed E-state index contributed by atoms with van der Waals surface area (Å²) >= 11 is 0. The molecule has 0 radical (unpaired) electrons. The number of hydrogen-bond acceptors (Lipinski definition) is 8. The highest BCUT2D eigenvalue weighted by Gasteiger charge is 2.21. The Morgan fingerprint density at radius 1 is 0.909 bits per heavy atom. The average molecular weight is 452 g/mol. The predicted molar refractivity (Wildman–Crippen MR) is 128 cm³/mol. The second kappa shape index (κ2) is 10.2. The van der Waals surface area contributed by atoms with Gasteiger partial charge in [0, 0.05) is 56.8 Å². The van der Waals surface area contributed by atoms with Gasteiger partial charge in [-0.3, -0.25) is 0 Å². The molecular formula is C24H30FN7O. The molecule has 1 N–H and O–H groups in total. The van der Waals surface area contributed by atoms with Gasteiger partial charge in [-0.2, -0.15) is 4.98 Å². The van der Waals surface area contributed by atoms with Gasteiger partial charge in [-0.1, -0.05) is 0 Å². The molecule has 3 fully saturated rings. The minimum absolute atomic E-state index is 0.351. The van der Waals surface area contributed by atoms with Crippen LogP contribution in [0.15, 0.2) is 36.8 Å². The number of halogens is 1. The lowest BCUT2D eigenvalue weighted by molar-refractivity contribution is 0.198. The van der Waals surface area contributed by atoms with E-state index in [2.05, 4.69) is 30.2 Å². The minimum atomic E-state index is -0.815. The number of pyridine rings is 2. The summed E-state index contributed by atoms with van der Waals surface area (Å²) in [5, 5.41) is 5.38. The smallest absolute Gasteiger partial charge is 0.227 e. The van der Waals surface area contributed by atoms with Crippen LogP contribution < -0.4 is 15.1 Å². The topological polar surface area (TPSA) is 79.3 Å². The van der Waals surface area contributed by atoms with Crippen LogP contribution in [0, 0.1) is 0 Å². The van der Waals surface area contributed by atoms with Crippen LogP contribution in [0.3, 0.4) is 0 Å². The Morgan fingerprint density at radius 3 is 2.45 bits per heavy atom. The van der Waals surface area contributed by atoms with Crippen LogP contribution in [0.2, 0.25) is 0 Å². The highest BCUT2D eigenvalue weighted by molar-refractivity contribution is 5.93. The summed E-state index contributed by atoms with van der Waals surface area (Å²) in [5.41, 5.74) is 0. The third kappa shape index (κ3) is 5.30. The summed E-state index contributed by atoms with van der Waals surface area (Å²) < 4.78 is 18.6. The molecule has 3 saturated heterocycles. The second-order valence-electron chi connectivity index (χ2n) is 8.64. The molecule has 8 nitrogen and oxygen atoms in total. The number of nitrogens with one attached hydrogen (secondary N) is 1. The minimum Gasteiger partial charge on any atom is -0.381 e. The van der Waals surface area contributed by atoms with E-state index in [1.165, 1.54) is 19.3 Å². The van der Waals surface area contributed by atoms with Gasteiger partial charge >= 0.3 is 0 Å². The van der Waals surface area contributed by atoms with E-state index >= 15 is 0 Å². The number of anilines is 4. The molecule has 0 spiro atoms. The molecular weight excluding hydrogens is 421 g/mol. The fourth-order valence-corrected chi connectivity index (χ4v) is 4.22. The quantitative estimate of drug-likeness (QED) is 0.635. The molecule has 33 heavy (non-hydrogen) atoms. The number of fused-ring (bicyclic) bond motifs is 1. The van der Waals surface area contributed by atoms with E-state index < -0.39 is 6.17 Å². The van der Waals surface area contributed by atoms with Gasteiger partial charge < -0.3 is 19.9 Å². The van der Waals surface area contributed by atoms with Crippen LogP contribution in [0.4, 0.5) is 27.8 Å². The zero-order valence-electron chi connectivity index (χ0n) is 18.8. The van der Waals surface area contributed by atoms with Crippen molar-refractivity contribution in [1.82, 2.24) is 19.9 Å². The molecule has 0 aromatic carbocycles. The van der Waals surface area contributed by atoms with Gasteiger partial charge in [0.15, 0.2) is 0 Å². The van der Waals surface area contributed by atoms with Crippen LogP contribution in [0.25, 0.3) is 10.8 Å². The largest absolute Gasteiger partial charge is 0.381 e. The Labute approximate surface area is 193 Å². The molecule has 0 aliphatic carbocycles. The van der Waals surface area contributed by atoms with E-state index in [9.17, 15) is 4.39 Å². The summed E-state index contributed by atoms with van der Waals surface area (Å²) in [6, 6.07) is 5.79. The standard InChI is InChI=1S/C20H22FN7.C4H8O/c21-15-3-1-8-28(13-15)20-23-7-5-17(26-20)25-18-11-14-4-6-22-19(16(14)12-24-18)27-9-2-10-27;1-2-4-5-3-1/h4-7,11-12,15H,1-3,8-10,13H2,(H,23,24,25,26);1-4H2/t15-;/m1./s1. The molecule has 0 saturated carbocycles. The fraction of sp³-hybridized carbons (Fsp3) is 0.500. The van der Waals surface area contributed by atoms with Crippen molar-refractivity contribution in [3.63, 3.8) is 0 Å². The Balaban J connectivity index is 0.000000406. The lowest BCUT2D eigenvalue weighted by Gasteiger charge is -2.32. The SMILES string of the molecule is C1CCOC1.F[C@@H]1CCCN(c2nccc(Nc3cc4ccnc(N5CCC5)c4cn3)n2)C1. The number of ether oxygens (including phenoxy) is 1. The number of piperidine rings is 1. The lowest BCUT2D eigenvalue weighted by Crippen LogP contribution is -2.37. The van der Waals surface area contributed by atoms with Gasteiger partial charge in [0.05, 0.1) is 6.54 Å². The number of rotatable bonds is 4. The molecule has 174 valence electrons. The Bertz CT molecular complexity index is 1070. The first-order valence-electron chi connectivity index (χ1n) is 11.8. The molecule has 6 heterocycles. The van der Waals surface area contributed by atoms with E-state index in [0.717, 1.165) is 55.9 Å². The van der Waals surface area contributed by atoms with Gasteiger partial charge in [0.1, 0.15) is 23.6 Å². The van der Waals surface area contributed by atoms with Crippen molar-refractivity contribution in [2.24, 2.45) is 0 Å². The monoisotopic (exact) mass is 451 g/mol. The van der Waals surface area contributed by atoms with E-state index in [1.807, 2.05) is 29.4 Å². The van der Waals surface area contributed by atoms with Crippen molar-refractivity contribution in [2.75, 3.05) is 54.5 Å². The summed E-state index contributed by atoms with van der Waals surface area (Å²) in [5.74, 6) is 2.91. The maximum Gasteiger partial charge on any atom is 0.227 e. The van der Waals surface area contributed by atoms with Gasteiger partial charge in [-0.15, -0.1) is 0 Å². The van der Waals surface area contributed by atoms with Crippen LogP contribution >= 0.6 is 0 Å². The number of aromatic nitrogens is 4. The third-order valence-corrected chi connectivity index (χ3v) is 6.16. The maximum atomic E-state index is 13.7. The van der Waals surface area contributed by atoms with Crippen LogP contribution in [-0.4, -0.2) is 65.5 Å². The Kier molecular flexibility index (Phi) is 6.76. The molecule has 3 aromatic heterocycles. The molecule has 6 rings (SSSR count). The van der Waals surface area contributed by atoms with Gasteiger partial charge in [-0.25, -0.2) is 19.3 Å². The van der Waals surface area contributed by atoms with E-state index in [4.69, 9.17) is 4.74 Å². The van der Waals surface area contributed by atoms with Crippen LogP contribution in [-0.2, 0) is 4.74 Å². The van der Waals surface area contributed by atoms with Gasteiger partial charge in [-0.05, 0) is 55.7 Å². The summed E-state index contributed by atoms with van der Waals surface area (Å²) in [7, 11) is 0. The van der Waals surface area contributed by atoms with Crippen molar-refractivity contribution in [3.8, 4) is 0 Å². The van der Waals surface area contributed by atoms with Crippen molar-refractivity contribution in [2.45, 2.75) is 38.3 Å². The first-order chi connectivity index (χ1) is 16.3. The molecule has 0 unspecified atom stereocenters. The van der Waals surface area contributed by atoms with E-state index in [-0.39, 0.29) is 0 Å².